The fourth-order valence-electron chi connectivity index (χ4n) is 3.98. The van der Waals surface area contributed by atoms with Crippen LogP contribution >= 0.6 is 11.6 Å². The average Bonchev–Trinajstić information content (AvgIpc) is 2.95. The fraction of sp³-hybridized carbons (Fsp3) is 0.333. The minimum absolute atomic E-state index is 0.145. The van der Waals surface area contributed by atoms with Crippen LogP contribution in [0, 0.1) is 0 Å². The van der Waals surface area contributed by atoms with Crippen LogP contribution in [0.4, 0.5) is 4.79 Å². The molecule has 1 saturated heterocycles. The lowest BCUT2D eigenvalue weighted by molar-refractivity contribution is -0.134. The number of halogens is 1. The first-order valence-corrected chi connectivity index (χ1v) is 10.2. The number of hydrogen-bond donors (Lipinski definition) is 2. The van der Waals surface area contributed by atoms with Crippen molar-refractivity contribution in [2.24, 2.45) is 0 Å². The highest BCUT2D eigenvalue weighted by Gasteiger charge is 2.52. The molecule has 1 aromatic carbocycles. The Bertz CT molecular complexity index is 1070. The van der Waals surface area contributed by atoms with Gasteiger partial charge in [-0.2, -0.15) is 5.01 Å². The molecule has 0 atom stereocenters. The highest BCUT2D eigenvalue weighted by molar-refractivity contribution is 6.31. The highest BCUT2D eigenvalue weighted by atomic mass is 35.5. The first-order valence-electron chi connectivity index (χ1n) is 9.81. The minimum Gasteiger partial charge on any atom is -0.322 e. The summed E-state index contributed by atoms with van der Waals surface area (Å²) in [6.07, 6.45) is 5.22. The van der Waals surface area contributed by atoms with Crippen molar-refractivity contribution in [2.75, 3.05) is 0 Å². The van der Waals surface area contributed by atoms with Gasteiger partial charge in [0.2, 0.25) is 0 Å². The number of rotatable bonds is 4. The molecule has 0 unspecified atom stereocenters. The van der Waals surface area contributed by atoms with Crippen LogP contribution in [0.3, 0.4) is 0 Å². The van der Waals surface area contributed by atoms with Gasteiger partial charge in [-0.3, -0.25) is 19.8 Å². The van der Waals surface area contributed by atoms with E-state index in [-0.39, 0.29) is 17.7 Å². The van der Waals surface area contributed by atoms with Crippen LogP contribution in [-0.2, 0) is 11.3 Å². The molecule has 4 amide bonds. The lowest BCUT2D eigenvalue weighted by atomic mass is 9.82. The van der Waals surface area contributed by atoms with Gasteiger partial charge in [0.1, 0.15) is 5.54 Å². The first-order chi connectivity index (χ1) is 14.4. The van der Waals surface area contributed by atoms with Crippen LogP contribution in [0.5, 0.6) is 0 Å². The van der Waals surface area contributed by atoms with Gasteiger partial charge >= 0.3 is 6.03 Å². The molecule has 156 valence electrons. The van der Waals surface area contributed by atoms with E-state index in [9.17, 15) is 19.2 Å². The Labute approximate surface area is 177 Å². The summed E-state index contributed by atoms with van der Waals surface area (Å²) in [7, 11) is 0. The summed E-state index contributed by atoms with van der Waals surface area (Å²) < 4.78 is 1.35. The Morgan fingerprint density at radius 2 is 1.80 bits per heavy atom. The van der Waals surface area contributed by atoms with Crippen LogP contribution in [-0.4, -0.2) is 33.0 Å². The van der Waals surface area contributed by atoms with Gasteiger partial charge in [0.15, 0.2) is 0 Å². The number of benzene rings is 1. The lowest BCUT2D eigenvalue weighted by Crippen LogP contribution is -2.51. The van der Waals surface area contributed by atoms with Gasteiger partial charge in [0.05, 0.1) is 12.1 Å². The van der Waals surface area contributed by atoms with Crippen molar-refractivity contribution in [2.45, 2.75) is 44.2 Å². The van der Waals surface area contributed by atoms with Gasteiger partial charge in [0.25, 0.3) is 17.4 Å². The Morgan fingerprint density at radius 3 is 2.53 bits per heavy atom. The lowest BCUT2D eigenvalue weighted by Gasteiger charge is -2.30. The van der Waals surface area contributed by atoms with Crippen LogP contribution < -0.4 is 16.3 Å². The molecule has 9 heteroatoms. The highest BCUT2D eigenvalue weighted by Crippen LogP contribution is 2.33. The summed E-state index contributed by atoms with van der Waals surface area (Å²) in [6, 6.07) is 9.09. The monoisotopic (exact) mass is 428 g/mol. The zero-order valence-electron chi connectivity index (χ0n) is 16.2. The second kappa shape index (κ2) is 7.95. The van der Waals surface area contributed by atoms with Crippen molar-refractivity contribution in [3.05, 3.63) is 69.1 Å². The summed E-state index contributed by atoms with van der Waals surface area (Å²) in [5, 5.41) is 4.00. The summed E-state index contributed by atoms with van der Waals surface area (Å²) in [5.41, 5.74) is 2.03. The number of hydrazine groups is 1. The molecular weight excluding hydrogens is 408 g/mol. The third-order valence-corrected chi connectivity index (χ3v) is 6.00. The SMILES string of the molecule is O=C(NN1C(=O)NC2(CCCCC2)C1=O)c1ccc(=O)n(Cc2ccccc2Cl)c1. The molecule has 2 N–H and O–H groups in total. The molecule has 1 spiro atoms. The normalized spacial score (nSPS) is 17.8. The van der Waals surface area contributed by atoms with E-state index in [1.54, 1.807) is 18.2 Å². The second-order valence-corrected chi connectivity index (χ2v) is 8.04. The van der Waals surface area contributed by atoms with Gasteiger partial charge < -0.3 is 9.88 Å². The quantitative estimate of drug-likeness (QED) is 0.730. The summed E-state index contributed by atoms with van der Waals surface area (Å²) in [5.74, 6) is -1.09. The molecule has 2 aromatic rings. The molecule has 1 saturated carbocycles. The van der Waals surface area contributed by atoms with Crippen molar-refractivity contribution < 1.29 is 14.4 Å². The molecule has 0 bridgehead atoms. The van der Waals surface area contributed by atoms with Gasteiger partial charge in [0, 0.05) is 17.3 Å². The summed E-state index contributed by atoms with van der Waals surface area (Å²) in [4.78, 5) is 50.1. The van der Waals surface area contributed by atoms with E-state index in [0.717, 1.165) is 29.8 Å². The predicted molar refractivity (Wildman–Crippen MR) is 110 cm³/mol. The number of carbonyl (C=O) groups excluding carboxylic acids is 3. The fourth-order valence-corrected chi connectivity index (χ4v) is 4.18. The van der Waals surface area contributed by atoms with Gasteiger partial charge in [-0.1, -0.05) is 49.1 Å². The average molecular weight is 429 g/mol. The number of nitrogens with zero attached hydrogens (tertiary/aromatic N) is 2. The maximum Gasteiger partial charge on any atom is 0.344 e. The number of amides is 4. The minimum atomic E-state index is -0.925. The molecule has 1 aromatic heterocycles. The van der Waals surface area contributed by atoms with Gasteiger partial charge in [-0.25, -0.2) is 4.79 Å². The standard InChI is InChI=1S/C21H21ClN4O4/c22-16-7-3-2-6-14(16)12-25-13-15(8-9-17(25)27)18(28)24-26-19(29)21(23-20(26)30)10-4-1-5-11-21/h2-3,6-9,13H,1,4-5,10-12H2,(H,23,30)(H,24,28). The third kappa shape index (κ3) is 3.70. The van der Waals surface area contributed by atoms with Crippen molar-refractivity contribution in [3.8, 4) is 0 Å². The van der Waals surface area contributed by atoms with E-state index in [1.165, 1.54) is 22.9 Å². The zero-order chi connectivity index (χ0) is 21.3. The van der Waals surface area contributed by atoms with Gasteiger partial charge in [-0.15, -0.1) is 0 Å². The third-order valence-electron chi connectivity index (χ3n) is 5.63. The van der Waals surface area contributed by atoms with Crippen molar-refractivity contribution >= 4 is 29.4 Å². The molecule has 30 heavy (non-hydrogen) atoms. The first kappa shape index (κ1) is 20.2. The molecule has 4 rings (SSSR count). The van der Waals surface area contributed by atoms with Crippen LogP contribution in [0.1, 0.15) is 48.0 Å². The van der Waals surface area contributed by atoms with E-state index in [1.807, 2.05) is 6.07 Å². The largest absolute Gasteiger partial charge is 0.344 e. The Kier molecular flexibility index (Phi) is 5.34. The zero-order valence-corrected chi connectivity index (χ0v) is 16.9. The van der Waals surface area contributed by atoms with E-state index < -0.39 is 23.4 Å². The second-order valence-electron chi connectivity index (χ2n) is 7.63. The smallest absolute Gasteiger partial charge is 0.322 e. The molecule has 2 heterocycles. The topological polar surface area (TPSA) is 101 Å². The number of urea groups is 1. The number of hydrogen-bond acceptors (Lipinski definition) is 4. The Hall–Kier alpha value is -3.13. The van der Waals surface area contributed by atoms with Crippen LogP contribution in [0.15, 0.2) is 47.4 Å². The molecular formula is C21H21ClN4O4. The molecule has 8 nitrogen and oxygen atoms in total. The number of aromatic nitrogens is 1. The van der Waals surface area contributed by atoms with Gasteiger partial charge in [-0.05, 0) is 30.5 Å². The number of pyridine rings is 1. The van der Waals surface area contributed by atoms with E-state index in [4.69, 9.17) is 11.6 Å². The number of imide groups is 1. The Balaban J connectivity index is 1.53. The molecule has 2 aliphatic rings. The summed E-state index contributed by atoms with van der Waals surface area (Å²) >= 11 is 6.16. The van der Waals surface area contributed by atoms with Crippen molar-refractivity contribution in [3.63, 3.8) is 0 Å². The maximum atomic E-state index is 12.8. The Morgan fingerprint density at radius 1 is 1.07 bits per heavy atom. The number of carbonyl (C=O) groups is 3. The van der Waals surface area contributed by atoms with E-state index in [2.05, 4.69) is 10.7 Å². The molecule has 1 aliphatic heterocycles. The van der Waals surface area contributed by atoms with Crippen molar-refractivity contribution in [1.29, 1.82) is 0 Å². The van der Waals surface area contributed by atoms with Crippen molar-refractivity contribution in [1.82, 2.24) is 20.3 Å². The molecule has 0 radical (unpaired) electrons. The van der Waals surface area contributed by atoms with Crippen LogP contribution in [0.2, 0.25) is 5.02 Å². The molecule has 2 fully saturated rings. The van der Waals surface area contributed by atoms with E-state index >= 15 is 0 Å². The molecule has 1 aliphatic carbocycles. The summed E-state index contributed by atoms with van der Waals surface area (Å²) in [6.45, 7) is 0.186. The predicted octanol–water partition coefficient (Wildman–Crippen LogP) is 2.45. The van der Waals surface area contributed by atoms with Crippen LogP contribution in [0.25, 0.3) is 0 Å². The van der Waals surface area contributed by atoms with E-state index in [0.29, 0.717) is 17.9 Å². The number of nitrogens with one attached hydrogen (secondary N) is 2. The maximum absolute atomic E-state index is 12.8.